The van der Waals surface area contributed by atoms with E-state index in [9.17, 15) is 0 Å². The van der Waals surface area contributed by atoms with E-state index in [1.165, 1.54) is 11.1 Å². The highest BCUT2D eigenvalue weighted by molar-refractivity contribution is 5.58. The lowest BCUT2D eigenvalue weighted by atomic mass is 9.98. The Kier molecular flexibility index (Phi) is 1.24. The molecule has 0 atom stereocenters. The fraction of sp³-hybridized carbons (Fsp3) is 0.100. The summed E-state index contributed by atoms with van der Waals surface area (Å²) in [5.41, 5.74) is 2.71. The molecule has 48 valence electrons. The van der Waals surface area contributed by atoms with Crippen LogP contribution in [0, 0.1) is 6.42 Å². The van der Waals surface area contributed by atoms with E-state index in [0.29, 0.717) is 0 Å². The van der Waals surface area contributed by atoms with Gasteiger partial charge in [-0.25, -0.2) is 0 Å². The first-order chi connectivity index (χ1) is 4.97. The van der Waals surface area contributed by atoms with Gasteiger partial charge in [0, 0.05) is 31.1 Å². The summed E-state index contributed by atoms with van der Waals surface area (Å²) in [4.78, 5) is 0. The van der Waals surface area contributed by atoms with Crippen molar-refractivity contribution >= 4 is 6.08 Å². The molecule has 0 N–H and O–H groups in total. The van der Waals surface area contributed by atoms with Gasteiger partial charge in [-0.2, -0.15) is 0 Å². The van der Waals surface area contributed by atoms with Crippen LogP contribution in [0.5, 0.6) is 0 Å². The van der Waals surface area contributed by atoms with Crippen LogP contribution in [-0.2, 0) is 0 Å². The first kappa shape index (κ1) is 5.60. The van der Waals surface area contributed by atoms with E-state index >= 15 is 0 Å². The second-order valence-electron chi connectivity index (χ2n) is 2.47. The molecule has 1 aromatic rings. The third-order valence-corrected chi connectivity index (χ3v) is 1.77. The van der Waals surface area contributed by atoms with Gasteiger partial charge in [-0.3, -0.25) is 0 Å². The second-order valence-corrected chi connectivity index (χ2v) is 2.47. The Labute approximate surface area is 61.2 Å². The lowest BCUT2D eigenvalue weighted by Gasteiger charge is -1.98. The summed E-state index contributed by atoms with van der Waals surface area (Å²) in [6, 6.07) is 8.44. The summed E-state index contributed by atoms with van der Waals surface area (Å²) in [6.45, 7) is 0. The summed E-state index contributed by atoms with van der Waals surface area (Å²) >= 11 is 0. The van der Waals surface area contributed by atoms with Crippen molar-refractivity contribution in [2.45, 2.75) is 6.42 Å². The Morgan fingerprint density at radius 2 is 2.10 bits per heavy atom. The predicted octanol–water partition coefficient (Wildman–Crippen LogP) is 2.66. The average molecular weight is 129 g/mol. The molecule has 0 saturated heterocycles. The van der Waals surface area contributed by atoms with Crippen LogP contribution in [0.1, 0.15) is 17.5 Å². The molecular formula is C10H9+. The molecule has 0 amide bonds. The van der Waals surface area contributed by atoms with Gasteiger partial charge >= 0.3 is 0 Å². The summed E-state index contributed by atoms with van der Waals surface area (Å²) in [5, 5.41) is 0. The van der Waals surface area contributed by atoms with Crippen molar-refractivity contribution in [3.05, 3.63) is 47.9 Å². The maximum atomic E-state index is 2.25. The van der Waals surface area contributed by atoms with Gasteiger partial charge in [0.25, 0.3) is 0 Å². The molecule has 10 heavy (non-hydrogen) atoms. The molecule has 1 aliphatic carbocycles. The molecule has 0 aromatic heterocycles. The molecule has 0 fully saturated rings. The number of rotatable bonds is 0. The average Bonchev–Trinajstić information content (AvgIpc) is 2.05. The normalized spacial score (nSPS) is 14.0. The first-order valence-corrected chi connectivity index (χ1v) is 3.55. The summed E-state index contributed by atoms with van der Waals surface area (Å²) in [5.74, 6) is 0. The highest BCUT2D eigenvalue weighted by Crippen LogP contribution is 2.19. The number of hydrogen-bond acceptors (Lipinski definition) is 0. The molecule has 0 bridgehead atoms. The van der Waals surface area contributed by atoms with E-state index in [1.54, 1.807) is 0 Å². The molecule has 2 rings (SSSR count). The van der Waals surface area contributed by atoms with Crippen LogP contribution in [0.3, 0.4) is 0 Å². The molecular weight excluding hydrogens is 120 g/mol. The largest absolute Gasteiger partial charge is 0.137 e. The minimum atomic E-state index is 1.08. The van der Waals surface area contributed by atoms with Gasteiger partial charge < -0.3 is 0 Å². The number of allylic oxidation sites excluding steroid dienone is 1. The number of benzene rings is 1. The standard InChI is InChI=1S/C10H9/c1-2-6-10-8-4-3-7-9(10)5-1/h1-3,5-8H,4H2/q+1. The minimum Gasteiger partial charge on any atom is -0.0541 e. The Morgan fingerprint density at radius 3 is 3.00 bits per heavy atom. The van der Waals surface area contributed by atoms with Crippen LogP contribution in [0.15, 0.2) is 30.3 Å². The maximum Gasteiger partial charge on any atom is 0.137 e. The van der Waals surface area contributed by atoms with Crippen molar-refractivity contribution in [3.63, 3.8) is 0 Å². The van der Waals surface area contributed by atoms with Crippen molar-refractivity contribution in [2.24, 2.45) is 0 Å². The maximum absolute atomic E-state index is 2.25. The first-order valence-electron chi connectivity index (χ1n) is 3.55. The van der Waals surface area contributed by atoms with Crippen LogP contribution in [0.2, 0.25) is 0 Å². The van der Waals surface area contributed by atoms with Crippen molar-refractivity contribution in [1.82, 2.24) is 0 Å². The van der Waals surface area contributed by atoms with Crippen molar-refractivity contribution in [1.29, 1.82) is 0 Å². The zero-order valence-corrected chi connectivity index (χ0v) is 5.75. The van der Waals surface area contributed by atoms with Crippen LogP contribution in [0.25, 0.3) is 6.08 Å². The van der Waals surface area contributed by atoms with Crippen molar-refractivity contribution < 1.29 is 0 Å². The van der Waals surface area contributed by atoms with Gasteiger partial charge in [-0.15, -0.1) is 0 Å². The third-order valence-electron chi connectivity index (χ3n) is 1.77. The van der Waals surface area contributed by atoms with Gasteiger partial charge in [-0.05, 0) is 12.1 Å². The van der Waals surface area contributed by atoms with Gasteiger partial charge in [0.1, 0.15) is 5.56 Å². The molecule has 1 aromatic carbocycles. The van der Waals surface area contributed by atoms with Gasteiger partial charge in [0.2, 0.25) is 0 Å². The van der Waals surface area contributed by atoms with E-state index in [-0.39, 0.29) is 0 Å². The third kappa shape index (κ3) is 0.820. The SMILES string of the molecule is C1=Cc2ccccc2[CH+]C1. The molecule has 1 aliphatic rings. The monoisotopic (exact) mass is 129 g/mol. The van der Waals surface area contributed by atoms with E-state index in [2.05, 4.69) is 42.8 Å². The molecule has 0 radical (unpaired) electrons. The van der Waals surface area contributed by atoms with E-state index < -0.39 is 0 Å². The quantitative estimate of drug-likeness (QED) is 0.472. The summed E-state index contributed by atoms with van der Waals surface area (Å²) in [6.07, 6.45) is 7.68. The van der Waals surface area contributed by atoms with Gasteiger partial charge in [-0.1, -0.05) is 6.08 Å². The molecule has 0 unspecified atom stereocenters. The molecule has 0 spiro atoms. The fourth-order valence-electron chi connectivity index (χ4n) is 1.24. The van der Waals surface area contributed by atoms with Gasteiger partial charge in [0.15, 0.2) is 0 Å². The van der Waals surface area contributed by atoms with Crippen molar-refractivity contribution in [2.75, 3.05) is 0 Å². The topological polar surface area (TPSA) is 0 Å². The Balaban J connectivity index is 2.54. The summed E-state index contributed by atoms with van der Waals surface area (Å²) < 4.78 is 0. The van der Waals surface area contributed by atoms with Crippen LogP contribution in [0.4, 0.5) is 0 Å². The molecule has 0 heterocycles. The Bertz CT molecular complexity index is 258. The minimum absolute atomic E-state index is 1.08. The second kappa shape index (κ2) is 2.22. The van der Waals surface area contributed by atoms with Crippen LogP contribution in [-0.4, -0.2) is 0 Å². The molecule has 0 heteroatoms. The molecule has 0 aliphatic heterocycles. The zero-order valence-electron chi connectivity index (χ0n) is 5.75. The number of hydrogen-bond donors (Lipinski definition) is 0. The smallest absolute Gasteiger partial charge is 0.0541 e. The highest BCUT2D eigenvalue weighted by Gasteiger charge is 2.09. The lowest BCUT2D eigenvalue weighted by molar-refractivity contribution is 1.22. The lowest BCUT2D eigenvalue weighted by Crippen LogP contribution is -1.89. The highest BCUT2D eigenvalue weighted by atomic mass is 14.1. The Morgan fingerprint density at radius 1 is 1.20 bits per heavy atom. The fourth-order valence-corrected chi connectivity index (χ4v) is 1.24. The Hall–Kier alpha value is -1.17. The zero-order chi connectivity index (χ0) is 6.81. The van der Waals surface area contributed by atoms with Crippen molar-refractivity contribution in [3.8, 4) is 0 Å². The van der Waals surface area contributed by atoms with Crippen LogP contribution >= 0.6 is 0 Å². The summed E-state index contributed by atoms with van der Waals surface area (Å²) in [7, 11) is 0. The van der Waals surface area contributed by atoms with Crippen LogP contribution < -0.4 is 0 Å². The number of fused-ring (bicyclic) bond motifs is 1. The molecule has 0 nitrogen and oxygen atoms in total. The molecule has 0 saturated carbocycles. The van der Waals surface area contributed by atoms with E-state index in [1.807, 2.05) is 0 Å². The van der Waals surface area contributed by atoms with Gasteiger partial charge in [0.05, 0.1) is 5.56 Å². The van der Waals surface area contributed by atoms with E-state index in [4.69, 9.17) is 0 Å². The van der Waals surface area contributed by atoms with E-state index in [0.717, 1.165) is 6.42 Å². The predicted molar refractivity (Wildman–Crippen MR) is 43.5 cm³/mol.